The molecule has 1 rings (SSSR count). The number of sulfone groups is 1. The van der Waals surface area contributed by atoms with Crippen LogP contribution < -0.4 is 0 Å². The lowest BCUT2D eigenvalue weighted by Gasteiger charge is -2.19. The topological polar surface area (TPSA) is 86.5 Å². The van der Waals surface area contributed by atoms with Gasteiger partial charge < -0.3 is 4.84 Å². The van der Waals surface area contributed by atoms with Gasteiger partial charge in [0.1, 0.15) is 6.61 Å². The number of nitrogens with zero attached hydrogens (tertiary/aromatic N) is 1. The number of benzene rings is 1. The number of rotatable bonds is 5. The minimum atomic E-state index is -3.55. The molecule has 19 heavy (non-hydrogen) atoms. The quantitative estimate of drug-likeness (QED) is 0.610. The summed E-state index contributed by atoms with van der Waals surface area (Å²) in [5, 5.41) is 8.96. The van der Waals surface area contributed by atoms with Crippen LogP contribution in [0.3, 0.4) is 0 Å². The second-order valence-electron chi connectivity index (χ2n) is 5.15. The molecular formula is C12H17NO5S. The summed E-state index contributed by atoms with van der Waals surface area (Å²) < 4.78 is 23.7. The summed E-state index contributed by atoms with van der Waals surface area (Å²) in [4.78, 5) is 14.1. The number of hydrogen-bond acceptors (Lipinski definition) is 5. The summed E-state index contributed by atoms with van der Waals surface area (Å²) >= 11 is 0. The van der Waals surface area contributed by atoms with E-state index in [1.165, 1.54) is 12.1 Å². The van der Waals surface area contributed by atoms with Crippen LogP contribution in [0.5, 0.6) is 0 Å². The average molecular weight is 287 g/mol. The highest BCUT2D eigenvalue weighted by molar-refractivity contribution is 7.91. The molecule has 0 aliphatic rings. The molecule has 0 atom stereocenters. The van der Waals surface area contributed by atoms with Crippen LogP contribution >= 0.6 is 0 Å². The van der Waals surface area contributed by atoms with Crippen molar-refractivity contribution in [3.63, 3.8) is 0 Å². The molecule has 0 saturated heterocycles. The largest absolute Gasteiger partial charge is 0.313 e. The van der Waals surface area contributed by atoms with Gasteiger partial charge >= 0.3 is 0 Å². The predicted octanol–water partition coefficient (Wildman–Crippen LogP) is 1.97. The van der Waals surface area contributed by atoms with Gasteiger partial charge in [-0.05, 0) is 23.1 Å². The van der Waals surface area contributed by atoms with Crippen molar-refractivity contribution in [3.05, 3.63) is 39.9 Å². The molecule has 7 heteroatoms. The summed E-state index contributed by atoms with van der Waals surface area (Å²) in [7, 11) is -3.55. The Kier molecular flexibility index (Phi) is 4.52. The summed E-state index contributed by atoms with van der Waals surface area (Å²) in [6.07, 6.45) is 0. The van der Waals surface area contributed by atoms with E-state index in [4.69, 9.17) is 0 Å². The summed E-state index contributed by atoms with van der Waals surface area (Å²) in [6.45, 7) is 5.63. The maximum atomic E-state index is 11.9. The van der Waals surface area contributed by atoms with Crippen molar-refractivity contribution in [3.8, 4) is 0 Å². The molecule has 0 unspecified atom stereocenters. The van der Waals surface area contributed by atoms with Crippen molar-refractivity contribution in [1.29, 1.82) is 0 Å². The van der Waals surface area contributed by atoms with Gasteiger partial charge in [-0.25, -0.2) is 8.42 Å². The van der Waals surface area contributed by atoms with E-state index in [9.17, 15) is 18.5 Å². The zero-order chi connectivity index (χ0) is 14.7. The monoisotopic (exact) mass is 287 g/mol. The normalized spacial score (nSPS) is 12.2. The molecule has 0 radical (unpaired) electrons. The molecule has 0 aliphatic carbocycles. The summed E-state index contributed by atoms with van der Waals surface area (Å²) in [6, 6.07) is 6.53. The smallest absolute Gasteiger partial charge is 0.294 e. The van der Waals surface area contributed by atoms with Gasteiger partial charge in [0.2, 0.25) is 0 Å². The molecule has 0 aliphatic heterocycles. The molecule has 0 fully saturated rings. The van der Waals surface area contributed by atoms with E-state index in [0.717, 1.165) is 5.56 Å². The predicted molar refractivity (Wildman–Crippen MR) is 70.1 cm³/mol. The Bertz CT molecular complexity index is 542. The van der Waals surface area contributed by atoms with E-state index in [2.05, 4.69) is 4.84 Å². The van der Waals surface area contributed by atoms with Crippen molar-refractivity contribution in [2.45, 2.75) is 31.1 Å². The van der Waals surface area contributed by atoms with E-state index in [1.807, 2.05) is 20.8 Å². The molecule has 0 bridgehead atoms. The van der Waals surface area contributed by atoms with Gasteiger partial charge in [0.05, 0.1) is 10.6 Å². The van der Waals surface area contributed by atoms with Gasteiger partial charge in [-0.15, -0.1) is 10.1 Å². The molecule has 1 aromatic carbocycles. The first-order valence-electron chi connectivity index (χ1n) is 5.73. The molecule has 0 amide bonds. The first kappa shape index (κ1) is 15.4. The lowest BCUT2D eigenvalue weighted by molar-refractivity contribution is -0.756. The maximum Gasteiger partial charge on any atom is 0.294 e. The zero-order valence-electron chi connectivity index (χ0n) is 11.1. The van der Waals surface area contributed by atoms with E-state index in [1.54, 1.807) is 12.1 Å². The Morgan fingerprint density at radius 3 is 2.16 bits per heavy atom. The minimum Gasteiger partial charge on any atom is -0.313 e. The van der Waals surface area contributed by atoms with Crippen LogP contribution in [-0.2, 0) is 20.1 Å². The third-order valence-corrected chi connectivity index (χ3v) is 4.32. The van der Waals surface area contributed by atoms with Gasteiger partial charge in [0.15, 0.2) is 9.84 Å². The molecule has 0 aromatic heterocycles. The Balaban J connectivity index is 2.82. The molecule has 0 heterocycles. The van der Waals surface area contributed by atoms with Crippen molar-refractivity contribution in [1.82, 2.24) is 0 Å². The zero-order valence-corrected chi connectivity index (χ0v) is 11.9. The third kappa shape index (κ3) is 4.51. The number of hydrogen-bond donors (Lipinski definition) is 0. The molecule has 0 spiro atoms. The third-order valence-electron chi connectivity index (χ3n) is 2.63. The second-order valence-corrected chi connectivity index (χ2v) is 7.26. The fourth-order valence-corrected chi connectivity index (χ4v) is 2.58. The van der Waals surface area contributed by atoms with Crippen molar-refractivity contribution >= 4 is 9.84 Å². The van der Waals surface area contributed by atoms with E-state index in [0.29, 0.717) is 0 Å². The first-order chi connectivity index (χ1) is 8.63. The molecule has 0 saturated carbocycles. The Morgan fingerprint density at radius 1 is 1.21 bits per heavy atom. The fraction of sp³-hybridized carbons (Fsp3) is 0.500. The van der Waals surface area contributed by atoms with Crippen LogP contribution in [0, 0.1) is 10.1 Å². The fourth-order valence-electron chi connectivity index (χ4n) is 1.50. The lowest BCUT2D eigenvalue weighted by atomic mass is 9.87. The minimum absolute atomic E-state index is 0.0585. The molecule has 1 aromatic rings. The Morgan fingerprint density at radius 2 is 1.74 bits per heavy atom. The van der Waals surface area contributed by atoms with Crippen LogP contribution in [0.25, 0.3) is 0 Å². The van der Waals surface area contributed by atoms with Crippen molar-refractivity contribution in [2.75, 3.05) is 12.4 Å². The van der Waals surface area contributed by atoms with Gasteiger partial charge in [0.25, 0.3) is 5.09 Å². The molecular weight excluding hydrogens is 270 g/mol. The standard InChI is InChI=1S/C12H17NO5S/c1-12(2,3)10-4-6-11(7-5-10)19(16,17)9-8-18-13(14)15/h4-7H,8-9H2,1-3H3. The van der Waals surface area contributed by atoms with E-state index in [-0.39, 0.29) is 10.3 Å². The van der Waals surface area contributed by atoms with E-state index >= 15 is 0 Å². The maximum absolute atomic E-state index is 11.9. The highest BCUT2D eigenvalue weighted by Crippen LogP contribution is 2.23. The van der Waals surface area contributed by atoms with E-state index < -0.39 is 27.3 Å². The summed E-state index contributed by atoms with van der Waals surface area (Å²) in [5.41, 5.74) is 0.963. The lowest BCUT2D eigenvalue weighted by Crippen LogP contribution is -2.15. The second kappa shape index (κ2) is 5.56. The average Bonchev–Trinajstić information content (AvgIpc) is 2.27. The van der Waals surface area contributed by atoms with Crippen LogP contribution in [0.15, 0.2) is 29.2 Å². The van der Waals surface area contributed by atoms with Gasteiger partial charge in [0, 0.05) is 0 Å². The van der Waals surface area contributed by atoms with Gasteiger partial charge in [-0.1, -0.05) is 32.9 Å². The van der Waals surface area contributed by atoms with Gasteiger partial charge in [-0.2, -0.15) is 0 Å². The van der Waals surface area contributed by atoms with Crippen LogP contribution in [0.1, 0.15) is 26.3 Å². The van der Waals surface area contributed by atoms with Crippen LogP contribution in [-0.4, -0.2) is 25.9 Å². The SMILES string of the molecule is CC(C)(C)c1ccc(S(=O)(=O)CCO[N+](=O)[O-])cc1. The van der Waals surface area contributed by atoms with Crippen LogP contribution in [0.4, 0.5) is 0 Å². The molecule has 6 nitrogen and oxygen atoms in total. The Hall–Kier alpha value is -1.63. The molecule has 0 N–H and O–H groups in total. The van der Waals surface area contributed by atoms with Crippen LogP contribution in [0.2, 0.25) is 0 Å². The van der Waals surface area contributed by atoms with Crippen molar-refractivity contribution < 1.29 is 18.3 Å². The van der Waals surface area contributed by atoms with Gasteiger partial charge in [-0.3, -0.25) is 0 Å². The highest BCUT2D eigenvalue weighted by atomic mass is 32.2. The summed E-state index contributed by atoms with van der Waals surface area (Å²) in [5.74, 6) is -0.414. The Labute approximate surface area is 112 Å². The molecule has 106 valence electrons. The van der Waals surface area contributed by atoms with Crippen molar-refractivity contribution in [2.24, 2.45) is 0 Å². The first-order valence-corrected chi connectivity index (χ1v) is 7.39. The highest BCUT2D eigenvalue weighted by Gasteiger charge is 2.18.